The number of hydrogen-bond donors (Lipinski definition) is 1. The molecule has 0 radical (unpaired) electrons. The Hall–Kier alpha value is -2.57. The van der Waals surface area contributed by atoms with Crippen molar-refractivity contribution in [3.8, 4) is 0 Å². The van der Waals surface area contributed by atoms with E-state index in [9.17, 15) is 9.59 Å². The van der Waals surface area contributed by atoms with Crippen LogP contribution in [0, 0.1) is 19.8 Å². The molecule has 0 saturated carbocycles. The summed E-state index contributed by atoms with van der Waals surface area (Å²) in [5.74, 6) is 1.25. The van der Waals surface area contributed by atoms with Gasteiger partial charge in [-0.25, -0.2) is 0 Å². The van der Waals surface area contributed by atoms with Crippen molar-refractivity contribution in [3.05, 3.63) is 105 Å². The molecule has 0 saturated heterocycles. The molecule has 0 aliphatic carbocycles. The first-order valence-corrected chi connectivity index (χ1v) is 14.7. The van der Waals surface area contributed by atoms with Gasteiger partial charge in [0, 0.05) is 29.7 Å². The zero-order valence-electron chi connectivity index (χ0n) is 22.2. The molecule has 0 fully saturated rings. The summed E-state index contributed by atoms with van der Waals surface area (Å²) in [5.41, 5.74) is 5.69. The Bertz CT molecular complexity index is 1150. The van der Waals surface area contributed by atoms with Crippen LogP contribution in [0.1, 0.15) is 41.7 Å². The average molecular weight is 582 g/mol. The molecule has 3 aromatic rings. The van der Waals surface area contributed by atoms with Crippen LogP contribution in [0.15, 0.2) is 77.3 Å². The normalized spacial score (nSPS) is 11.8. The van der Waals surface area contributed by atoms with E-state index in [0.29, 0.717) is 31.2 Å². The largest absolute Gasteiger partial charge is 0.354 e. The van der Waals surface area contributed by atoms with Gasteiger partial charge in [0.15, 0.2) is 0 Å². The van der Waals surface area contributed by atoms with E-state index < -0.39 is 6.04 Å². The maximum Gasteiger partial charge on any atom is 0.243 e. The summed E-state index contributed by atoms with van der Waals surface area (Å²) in [6.45, 7) is 9.28. The molecule has 0 bridgehead atoms. The lowest BCUT2D eigenvalue weighted by Gasteiger charge is -2.32. The summed E-state index contributed by atoms with van der Waals surface area (Å²) in [4.78, 5) is 29.0. The lowest BCUT2D eigenvalue weighted by atomic mass is 10.0. The highest BCUT2D eigenvalue weighted by atomic mass is 79.9. The number of carbonyl (C=O) groups excluding carboxylic acids is 2. The fourth-order valence-electron chi connectivity index (χ4n) is 4.25. The first kappa shape index (κ1) is 29.0. The Morgan fingerprint density at radius 1 is 0.892 bits per heavy atom. The number of nitrogens with one attached hydrogen (secondary N) is 1. The Labute approximate surface area is 234 Å². The van der Waals surface area contributed by atoms with Gasteiger partial charge in [0.2, 0.25) is 11.8 Å². The summed E-state index contributed by atoms with van der Waals surface area (Å²) in [5, 5.41) is 3.08. The molecule has 0 aliphatic rings. The minimum atomic E-state index is -0.598. The highest BCUT2D eigenvalue weighted by Gasteiger charge is 2.30. The van der Waals surface area contributed by atoms with Crippen LogP contribution < -0.4 is 5.32 Å². The SMILES string of the molecule is Cc1cc(C)cc(CSCC(=O)N(Cc2ccc(Br)cc2)[C@H](Cc2ccccc2)C(=O)NCC(C)C)c1. The van der Waals surface area contributed by atoms with Crippen LogP contribution in [0.2, 0.25) is 0 Å². The molecule has 37 heavy (non-hydrogen) atoms. The van der Waals surface area contributed by atoms with Gasteiger partial charge < -0.3 is 10.2 Å². The molecule has 0 aliphatic heterocycles. The summed E-state index contributed by atoms with van der Waals surface area (Å²) in [6, 6.07) is 23.8. The van der Waals surface area contributed by atoms with Crippen molar-refractivity contribution in [2.45, 2.75) is 52.5 Å². The first-order chi connectivity index (χ1) is 17.7. The second kappa shape index (κ2) is 14.4. The highest BCUT2D eigenvalue weighted by Crippen LogP contribution is 2.20. The topological polar surface area (TPSA) is 49.4 Å². The van der Waals surface area contributed by atoms with Crippen molar-refractivity contribution in [3.63, 3.8) is 0 Å². The minimum Gasteiger partial charge on any atom is -0.354 e. The molecule has 0 spiro atoms. The van der Waals surface area contributed by atoms with E-state index in [2.05, 4.69) is 67.1 Å². The number of amides is 2. The number of rotatable bonds is 12. The summed E-state index contributed by atoms with van der Waals surface area (Å²) >= 11 is 5.09. The molecule has 196 valence electrons. The molecule has 0 heterocycles. The number of nitrogens with zero attached hydrogens (tertiary/aromatic N) is 1. The van der Waals surface area contributed by atoms with E-state index in [1.807, 2.05) is 54.6 Å². The number of carbonyl (C=O) groups is 2. The van der Waals surface area contributed by atoms with Gasteiger partial charge in [-0.3, -0.25) is 9.59 Å². The molecule has 3 rings (SSSR count). The maximum absolute atomic E-state index is 13.7. The van der Waals surface area contributed by atoms with Gasteiger partial charge in [0.05, 0.1) is 5.75 Å². The van der Waals surface area contributed by atoms with E-state index in [0.717, 1.165) is 21.4 Å². The Balaban J connectivity index is 1.84. The van der Waals surface area contributed by atoms with Crippen molar-refractivity contribution >= 4 is 39.5 Å². The van der Waals surface area contributed by atoms with Gasteiger partial charge in [-0.2, -0.15) is 0 Å². The molecule has 2 amide bonds. The summed E-state index contributed by atoms with van der Waals surface area (Å²) in [6.07, 6.45) is 0.467. The van der Waals surface area contributed by atoms with E-state index in [4.69, 9.17) is 0 Å². The molecule has 3 aromatic carbocycles. The van der Waals surface area contributed by atoms with Crippen LogP contribution in [-0.2, 0) is 28.3 Å². The smallest absolute Gasteiger partial charge is 0.243 e. The Morgan fingerprint density at radius 2 is 1.54 bits per heavy atom. The minimum absolute atomic E-state index is 0.0297. The van der Waals surface area contributed by atoms with E-state index >= 15 is 0 Å². The van der Waals surface area contributed by atoms with Gasteiger partial charge in [-0.1, -0.05) is 102 Å². The highest BCUT2D eigenvalue weighted by molar-refractivity contribution is 9.10. The predicted molar refractivity (Wildman–Crippen MR) is 159 cm³/mol. The number of benzene rings is 3. The first-order valence-electron chi connectivity index (χ1n) is 12.7. The van der Waals surface area contributed by atoms with Gasteiger partial charge >= 0.3 is 0 Å². The zero-order valence-corrected chi connectivity index (χ0v) is 24.6. The van der Waals surface area contributed by atoms with E-state index in [-0.39, 0.29) is 11.8 Å². The van der Waals surface area contributed by atoms with Crippen LogP contribution in [0.5, 0.6) is 0 Å². The lowest BCUT2D eigenvalue weighted by molar-refractivity contribution is -0.139. The van der Waals surface area contributed by atoms with Crippen LogP contribution in [0.25, 0.3) is 0 Å². The summed E-state index contributed by atoms with van der Waals surface area (Å²) < 4.78 is 0.980. The maximum atomic E-state index is 13.7. The molecule has 0 aromatic heterocycles. The van der Waals surface area contributed by atoms with Crippen molar-refractivity contribution in [2.75, 3.05) is 12.3 Å². The number of aryl methyl sites for hydroxylation is 2. The molecule has 1 atom stereocenters. The second-order valence-corrected chi connectivity index (χ2v) is 11.9. The third-order valence-corrected chi connectivity index (χ3v) is 7.51. The van der Waals surface area contributed by atoms with Crippen molar-refractivity contribution < 1.29 is 9.59 Å². The molecular formula is C31H37BrN2O2S. The Kier molecular flexibility index (Phi) is 11.3. The van der Waals surface area contributed by atoms with Crippen molar-refractivity contribution in [1.82, 2.24) is 10.2 Å². The number of halogens is 1. The third-order valence-electron chi connectivity index (χ3n) is 6.00. The van der Waals surface area contributed by atoms with E-state index in [1.54, 1.807) is 16.7 Å². The average Bonchev–Trinajstić information content (AvgIpc) is 2.85. The Morgan fingerprint density at radius 3 is 2.16 bits per heavy atom. The third kappa shape index (κ3) is 9.67. The van der Waals surface area contributed by atoms with Crippen molar-refractivity contribution in [2.24, 2.45) is 5.92 Å². The molecule has 6 heteroatoms. The van der Waals surface area contributed by atoms with Crippen LogP contribution in [-0.4, -0.2) is 35.1 Å². The number of hydrogen-bond acceptors (Lipinski definition) is 3. The number of thioether (sulfide) groups is 1. The molecule has 1 N–H and O–H groups in total. The zero-order chi connectivity index (χ0) is 26.8. The van der Waals surface area contributed by atoms with Gasteiger partial charge in [-0.15, -0.1) is 11.8 Å². The van der Waals surface area contributed by atoms with Gasteiger partial charge in [0.25, 0.3) is 0 Å². The van der Waals surface area contributed by atoms with Crippen molar-refractivity contribution in [1.29, 1.82) is 0 Å². The van der Waals surface area contributed by atoms with Crippen LogP contribution in [0.4, 0.5) is 0 Å². The fraction of sp³-hybridized carbons (Fsp3) is 0.355. The van der Waals surface area contributed by atoms with E-state index in [1.165, 1.54) is 16.7 Å². The standard InChI is InChI=1S/C31H37BrN2O2S/c1-22(2)18-33-31(36)29(17-25-8-6-5-7-9-25)34(19-26-10-12-28(32)13-11-26)30(35)21-37-20-27-15-23(3)14-24(4)16-27/h5-16,22,29H,17-21H2,1-4H3,(H,33,36)/t29-/m1/s1. The van der Waals surface area contributed by atoms with Crippen LogP contribution >= 0.6 is 27.7 Å². The van der Waals surface area contributed by atoms with Gasteiger partial charge in [-0.05, 0) is 48.6 Å². The van der Waals surface area contributed by atoms with Crippen LogP contribution in [0.3, 0.4) is 0 Å². The predicted octanol–water partition coefficient (Wildman–Crippen LogP) is 6.71. The summed E-state index contributed by atoms with van der Waals surface area (Å²) in [7, 11) is 0. The molecule has 0 unspecified atom stereocenters. The molecule has 4 nitrogen and oxygen atoms in total. The monoisotopic (exact) mass is 580 g/mol. The quantitative estimate of drug-likeness (QED) is 0.259. The molecular weight excluding hydrogens is 544 g/mol. The lowest BCUT2D eigenvalue weighted by Crippen LogP contribution is -2.51. The van der Waals surface area contributed by atoms with Gasteiger partial charge in [0.1, 0.15) is 6.04 Å². The fourth-order valence-corrected chi connectivity index (χ4v) is 5.36. The second-order valence-electron chi connectivity index (χ2n) is 9.98.